The highest BCUT2D eigenvalue weighted by Gasteiger charge is 2.42. The fourth-order valence-corrected chi connectivity index (χ4v) is 3.56. The van der Waals surface area contributed by atoms with Crippen LogP contribution in [0.1, 0.15) is 52.4 Å². The van der Waals surface area contributed by atoms with Crippen LogP contribution in [0.25, 0.3) is 0 Å². The molecule has 2 N–H and O–H groups in total. The Morgan fingerprint density at radius 2 is 2.00 bits per heavy atom. The molecule has 1 unspecified atom stereocenters. The van der Waals surface area contributed by atoms with Gasteiger partial charge in [-0.15, -0.1) is 0 Å². The van der Waals surface area contributed by atoms with Crippen molar-refractivity contribution in [3.05, 3.63) is 0 Å². The minimum Gasteiger partial charge on any atom is -0.381 e. The second kappa shape index (κ2) is 5.80. The van der Waals surface area contributed by atoms with Crippen molar-refractivity contribution in [3.8, 4) is 0 Å². The molecule has 2 heterocycles. The van der Waals surface area contributed by atoms with Gasteiger partial charge in [0.1, 0.15) is 0 Å². The summed E-state index contributed by atoms with van der Waals surface area (Å²) < 4.78 is 5.33. The third kappa shape index (κ3) is 3.29. The van der Waals surface area contributed by atoms with E-state index in [1.54, 1.807) is 0 Å². The van der Waals surface area contributed by atoms with Crippen LogP contribution in [0, 0.1) is 5.41 Å². The summed E-state index contributed by atoms with van der Waals surface area (Å²) in [6.45, 7) is 7.50. The first-order valence-corrected chi connectivity index (χ1v) is 7.65. The van der Waals surface area contributed by atoms with Crippen molar-refractivity contribution in [2.75, 3.05) is 26.3 Å². The number of ether oxygens (including phenoxy) is 1. The van der Waals surface area contributed by atoms with Crippen LogP contribution in [0.3, 0.4) is 0 Å². The Bertz CT molecular complexity index is 322. The highest BCUT2D eigenvalue weighted by atomic mass is 16.5. The number of rotatable bonds is 3. The Morgan fingerprint density at radius 1 is 1.32 bits per heavy atom. The van der Waals surface area contributed by atoms with Gasteiger partial charge in [-0.05, 0) is 37.5 Å². The highest BCUT2D eigenvalue weighted by molar-refractivity contribution is 5.86. The van der Waals surface area contributed by atoms with E-state index in [9.17, 15) is 4.79 Å². The van der Waals surface area contributed by atoms with Crippen molar-refractivity contribution in [1.82, 2.24) is 4.90 Å². The normalized spacial score (nSPS) is 31.2. The van der Waals surface area contributed by atoms with Gasteiger partial charge in [0.15, 0.2) is 0 Å². The monoisotopic (exact) mass is 268 g/mol. The van der Waals surface area contributed by atoms with E-state index in [0.717, 1.165) is 19.5 Å². The molecule has 2 aliphatic rings. The zero-order valence-electron chi connectivity index (χ0n) is 12.4. The Balaban J connectivity index is 2.02. The molecule has 2 fully saturated rings. The van der Waals surface area contributed by atoms with Gasteiger partial charge in [0.2, 0.25) is 5.91 Å². The molecule has 0 spiro atoms. The zero-order valence-corrected chi connectivity index (χ0v) is 12.4. The molecule has 0 aromatic rings. The molecule has 0 bridgehead atoms. The molecule has 1 atom stereocenters. The number of piperidine rings is 1. The predicted octanol–water partition coefficient (Wildman–Crippen LogP) is 1.92. The van der Waals surface area contributed by atoms with Crippen LogP contribution < -0.4 is 5.73 Å². The van der Waals surface area contributed by atoms with Crippen LogP contribution in [-0.4, -0.2) is 42.6 Å². The van der Waals surface area contributed by atoms with E-state index in [2.05, 4.69) is 13.8 Å². The van der Waals surface area contributed by atoms with E-state index in [0.29, 0.717) is 26.1 Å². The Morgan fingerprint density at radius 3 is 2.63 bits per heavy atom. The first kappa shape index (κ1) is 14.8. The number of amides is 1. The second-order valence-corrected chi connectivity index (χ2v) is 6.66. The number of hydrogen-bond donors (Lipinski definition) is 1. The maximum atomic E-state index is 12.7. The quantitative estimate of drug-likeness (QED) is 0.851. The summed E-state index contributed by atoms with van der Waals surface area (Å²) in [7, 11) is 0. The van der Waals surface area contributed by atoms with E-state index in [1.807, 2.05) is 4.90 Å². The van der Waals surface area contributed by atoms with Gasteiger partial charge in [-0.3, -0.25) is 4.79 Å². The number of hydrogen-bond acceptors (Lipinski definition) is 3. The topological polar surface area (TPSA) is 55.6 Å². The van der Waals surface area contributed by atoms with E-state index in [-0.39, 0.29) is 11.3 Å². The minimum atomic E-state index is -0.678. The van der Waals surface area contributed by atoms with E-state index >= 15 is 0 Å². The van der Waals surface area contributed by atoms with Gasteiger partial charge < -0.3 is 15.4 Å². The lowest BCUT2D eigenvalue weighted by molar-refractivity contribution is -0.144. The average molecular weight is 268 g/mol. The van der Waals surface area contributed by atoms with E-state index < -0.39 is 5.54 Å². The van der Waals surface area contributed by atoms with E-state index in [1.165, 1.54) is 19.3 Å². The van der Waals surface area contributed by atoms with Crippen LogP contribution >= 0.6 is 0 Å². The average Bonchev–Trinajstić information content (AvgIpc) is 2.38. The fraction of sp³-hybridized carbons (Fsp3) is 0.933. The summed E-state index contributed by atoms with van der Waals surface area (Å²) in [6, 6.07) is 0. The van der Waals surface area contributed by atoms with Crippen molar-refractivity contribution in [2.24, 2.45) is 11.1 Å². The van der Waals surface area contributed by atoms with Crippen LogP contribution in [0.5, 0.6) is 0 Å². The Labute approximate surface area is 116 Å². The SMILES string of the molecule is CCCC1(C)CCCN(C(=O)C2(N)CCOCC2)C1. The van der Waals surface area contributed by atoms with E-state index in [4.69, 9.17) is 10.5 Å². The second-order valence-electron chi connectivity index (χ2n) is 6.66. The number of carbonyl (C=O) groups excluding carboxylic acids is 1. The molecule has 1 amide bonds. The maximum Gasteiger partial charge on any atom is 0.242 e. The number of carbonyl (C=O) groups is 1. The van der Waals surface area contributed by atoms with Crippen LogP contribution in [0.2, 0.25) is 0 Å². The summed E-state index contributed by atoms with van der Waals surface area (Å²) in [5.41, 5.74) is 5.93. The van der Waals surface area contributed by atoms with Gasteiger partial charge in [0.05, 0.1) is 5.54 Å². The third-order valence-corrected chi connectivity index (χ3v) is 4.73. The summed E-state index contributed by atoms with van der Waals surface area (Å²) >= 11 is 0. The summed E-state index contributed by atoms with van der Waals surface area (Å²) in [5.74, 6) is 0.151. The molecular formula is C15H28N2O2. The summed E-state index contributed by atoms with van der Waals surface area (Å²) in [4.78, 5) is 14.7. The molecular weight excluding hydrogens is 240 g/mol. The fourth-order valence-electron chi connectivity index (χ4n) is 3.56. The van der Waals surface area contributed by atoms with Crippen molar-refractivity contribution >= 4 is 5.91 Å². The first-order valence-electron chi connectivity index (χ1n) is 7.65. The van der Waals surface area contributed by atoms with Crippen LogP contribution in [-0.2, 0) is 9.53 Å². The molecule has 2 aliphatic heterocycles. The van der Waals surface area contributed by atoms with Crippen LogP contribution in [0.15, 0.2) is 0 Å². The van der Waals surface area contributed by atoms with Gasteiger partial charge in [0, 0.05) is 26.3 Å². The number of nitrogens with two attached hydrogens (primary N) is 1. The lowest BCUT2D eigenvalue weighted by Gasteiger charge is -2.44. The Hall–Kier alpha value is -0.610. The zero-order chi connectivity index (χ0) is 13.9. The Kier molecular flexibility index (Phi) is 4.51. The van der Waals surface area contributed by atoms with Gasteiger partial charge >= 0.3 is 0 Å². The molecule has 0 aliphatic carbocycles. The van der Waals surface area contributed by atoms with Gasteiger partial charge in [-0.25, -0.2) is 0 Å². The van der Waals surface area contributed by atoms with Crippen LogP contribution in [0.4, 0.5) is 0 Å². The highest BCUT2D eigenvalue weighted by Crippen LogP contribution is 2.35. The molecule has 4 nitrogen and oxygen atoms in total. The smallest absolute Gasteiger partial charge is 0.242 e. The summed E-state index contributed by atoms with van der Waals surface area (Å²) in [6.07, 6.45) is 6.03. The van der Waals surface area contributed by atoms with Crippen molar-refractivity contribution < 1.29 is 9.53 Å². The molecule has 19 heavy (non-hydrogen) atoms. The predicted molar refractivity (Wildman–Crippen MR) is 75.8 cm³/mol. The molecule has 4 heteroatoms. The lowest BCUT2D eigenvalue weighted by Crippen LogP contribution is -2.60. The summed E-state index contributed by atoms with van der Waals surface area (Å²) in [5, 5.41) is 0. The number of nitrogens with zero attached hydrogens (tertiary/aromatic N) is 1. The minimum absolute atomic E-state index is 0.151. The lowest BCUT2D eigenvalue weighted by atomic mass is 9.77. The van der Waals surface area contributed by atoms with Crippen molar-refractivity contribution in [3.63, 3.8) is 0 Å². The van der Waals surface area contributed by atoms with Crippen molar-refractivity contribution in [2.45, 2.75) is 57.9 Å². The molecule has 0 saturated carbocycles. The molecule has 0 aromatic carbocycles. The molecule has 110 valence electrons. The third-order valence-electron chi connectivity index (χ3n) is 4.73. The first-order chi connectivity index (χ1) is 8.99. The van der Waals surface area contributed by atoms with Gasteiger partial charge in [-0.1, -0.05) is 20.3 Å². The molecule has 0 radical (unpaired) electrons. The molecule has 0 aromatic heterocycles. The molecule has 2 rings (SSSR count). The molecule has 2 saturated heterocycles. The van der Waals surface area contributed by atoms with Gasteiger partial charge in [-0.2, -0.15) is 0 Å². The number of likely N-dealkylation sites (tertiary alicyclic amines) is 1. The van der Waals surface area contributed by atoms with Gasteiger partial charge in [0.25, 0.3) is 0 Å². The van der Waals surface area contributed by atoms with Crippen molar-refractivity contribution in [1.29, 1.82) is 0 Å². The standard InChI is InChI=1S/C15H28N2O2/c1-3-5-14(2)6-4-9-17(12-14)13(18)15(16)7-10-19-11-8-15/h3-12,16H2,1-2H3. The largest absolute Gasteiger partial charge is 0.381 e. The maximum absolute atomic E-state index is 12.7.